The van der Waals surface area contributed by atoms with Crippen LogP contribution in [-0.2, 0) is 21.3 Å². The minimum atomic E-state index is -3.47. The van der Waals surface area contributed by atoms with Gasteiger partial charge >= 0.3 is 0 Å². The summed E-state index contributed by atoms with van der Waals surface area (Å²) in [5, 5.41) is 0. The van der Waals surface area contributed by atoms with Crippen LogP contribution >= 0.6 is 0 Å². The van der Waals surface area contributed by atoms with Crippen molar-refractivity contribution in [2.75, 3.05) is 13.2 Å². The van der Waals surface area contributed by atoms with Crippen LogP contribution in [0.3, 0.4) is 0 Å². The SMILES string of the molecule is CCOC(C)CNS(=O)(=O)c1ccc(CN)cc1. The molecule has 3 N–H and O–H groups in total. The summed E-state index contributed by atoms with van der Waals surface area (Å²) >= 11 is 0. The van der Waals surface area contributed by atoms with Crippen molar-refractivity contribution in [2.45, 2.75) is 31.4 Å². The molecule has 0 bridgehead atoms. The topological polar surface area (TPSA) is 81.4 Å². The van der Waals surface area contributed by atoms with E-state index in [2.05, 4.69) is 4.72 Å². The second-order valence-electron chi connectivity index (χ2n) is 3.97. The normalized spacial score (nSPS) is 13.5. The minimum Gasteiger partial charge on any atom is -0.377 e. The highest BCUT2D eigenvalue weighted by atomic mass is 32.2. The Balaban J connectivity index is 2.67. The van der Waals surface area contributed by atoms with E-state index in [1.165, 1.54) is 0 Å². The average Bonchev–Trinajstić information content (AvgIpc) is 2.37. The van der Waals surface area contributed by atoms with Gasteiger partial charge in [-0.1, -0.05) is 12.1 Å². The van der Waals surface area contributed by atoms with Crippen LogP contribution in [0.4, 0.5) is 0 Å². The molecule has 0 amide bonds. The molecule has 5 nitrogen and oxygen atoms in total. The molecule has 0 aliphatic heterocycles. The van der Waals surface area contributed by atoms with Gasteiger partial charge in [0.25, 0.3) is 0 Å². The molecular formula is C12H20N2O3S. The van der Waals surface area contributed by atoms with Gasteiger partial charge in [-0.2, -0.15) is 0 Å². The van der Waals surface area contributed by atoms with Crippen LogP contribution in [0.5, 0.6) is 0 Å². The van der Waals surface area contributed by atoms with E-state index in [9.17, 15) is 8.42 Å². The summed E-state index contributed by atoms with van der Waals surface area (Å²) in [5.74, 6) is 0. The fourth-order valence-electron chi connectivity index (χ4n) is 1.46. The van der Waals surface area contributed by atoms with E-state index in [0.717, 1.165) is 5.56 Å². The standard InChI is InChI=1S/C12H20N2O3S/c1-3-17-10(2)9-14-18(15,16)12-6-4-11(8-13)5-7-12/h4-7,10,14H,3,8-9,13H2,1-2H3. The number of rotatable bonds is 7. The number of ether oxygens (including phenoxy) is 1. The summed E-state index contributed by atoms with van der Waals surface area (Å²) in [5.41, 5.74) is 6.36. The van der Waals surface area contributed by atoms with Crippen LogP contribution in [0.2, 0.25) is 0 Å². The van der Waals surface area contributed by atoms with Crippen molar-refractivity contribution in [3.63, 3.8) is 0 Å². The molecule has 1 unspecified atom stereocenters. The van der Waals surface area contributed by atoms with Crippen LogP contribution in [0.25, 0.3) is 0 Å². The second kappa shape index (κ2) is 6.84. The first-order valence-corrected chi connectivity index (χ1v) is 7.38. The van der Waals surface area contributed by atoms with Crippen molar-refractivity contribution in [1.29, 1.82) is 0 Å². The van der Waals surface area contributed by atoms with E-state index in [0.29, 0.717) is 13.2 Å². The van der Waals surface area contributed by atoms with Crippen LogP contribution in [0, 0.1) is 0 Å². The van der Waals surface area contributed by atoms with Gasteiger partial charge in [-0.15, -0.1) is 0 Å². The van der Waals surface area contributed by atoms with Gasteiger partial charge in [-0.05, 0) is 31.5 Å². The monoisotopic (exact) mass is 272 g/mol. The van der Waals surface area contributed by atoms with Crippen molar-refractivity contribution < 1.29 is 13.2 Å². The summed E-state index contributed by atoms with van der Waals surface area (Å²) in [4.78, 5) is 0.239. The van der Waals surface area contributed by atoms with Crippen LogP contribution in [0.15, 0.2) is 29.2 Å². The smallest absolute Gasteiger partial charge is 0.240 e. The Labute approximate surface area is 108 Å². The lowest BCUT2D eigenvalue weighted by Crippen LogP contribution is -2.32. The lowest BCUT2D eigenvalue weighted by molar-refractivity contribution is 0.0799. The zero-order valence-corrected chi connectivity index (χ0v) is 11.5. The molecule has 0 spiro atoms. The molecule has 1 rings (SSSR count). The molecule has 6 heteroatoms. The maximum Gasteiger partial charge on any atom is 0.240 e. The Morgan fingerprint density at radius 3 is 2.44 bits per heavy atom. The zero-order chi connectivity index (χ0) is 13.6. The Bertz CT molecular complexity index is 457. The first-order chi connectivity index (χ1) is 8.49. The summed E-state index contributed by atoms with van der Waals surface area (Å²) < 4.78 is 31.7. The van der Waals surface area contributed by atoms with Gasteiger partial charge < -0.3 is 10.5 Å². The molecule has 0 aromatic heterocycles. The highest BCUT2D eigenvalue weighted by molar-refractivity contribution is 7.89. The molecule has 0 aliphatic rings. The number of hydrogen-bond donors (Lipinski definition) is 2. The van der Waals surface area contributed by atoms with Crippen LogP contribution in [0.1, 0.15) is 19.4 Å². The molecule has 1 aromatic rings. The van der Waals surface area contributed by atoms with E-state index in [4.69, 9.17) is 10.5 Å². The molecule has 0 heterocycles. The van der Waals surface area contributed by atoms with Crippen molar-refractivity contribution in [3.05, 3.63) is 29.8 Å². The third-order valence-electron chi connectivity index (χ3n) is 2.48. The molecule has 0 fully saturated rings. The Hall–Kier alpha value is -0.950. The maximum atomic E-state index is 11.9. The van der Waals surface area contributed by atoms with Crippen molar-refractivity contribution >= 4 is 10.0 Å². The van der Waals surface area contributed by atoms with Gasteiger partial charge in [0.15, 0.2) is 0 Å². The average molecular weight is 272 g/mol. The van der Waals surface area contributed by atoms with Crippen LogP contribution in [-0.4, -0.2) is 27.7 Å². The Kier molecular flexibility index (Phi) is 5.74. The summed E-state index contributed by atoms with van der Waals surface area (Å²) in [7, 11) is -3.47. The molecule has 0 aliphatic carbocycles. The van der Waals surface area contributed by atoms with Crippen molar-refractivity contribution in [2.24, 2.45) is 5.73 Å². The number of nitrogens with two attached hydrogens (primary N) is 1. The van der Waals surface area contributed by atoms with E-state index in [1.54, 1.807) is 24.3 Å². The van der Waals surface area contributed by atoms with Gasteiger partial charge in [0.05, 0.1) is 11.0 Å². The predicted molar refractivity (Wildman–Crippen MR) is 70.6 cm³/mol. The molecule has 1 atom stereocenters. The number of hydrogen-bond acceptors (Lipinski definition) is 4. The number of sulfonamides is 1. The van der Waals surface area contributed by atoms with Gasteiger partial charge in [0.1, 0.15) is 0 Å². The third-order valence-corrected chi connectivity index (χ3v) is 3.92. The quantitative estimate of drug-likeness (QED) is 0.771. The number of benzene rings is 1. The lowest BCUT2D eigenvalue weighted by Gasteiger charge is -2.13. The van der Waals surface area contributed by atoms with E-state index in [-0.39, 0.29) is 17.5 Å². The molecule has 1 aromatic carbocycles. The molecule has 0 saturated carbocycles. The van der Waals surface area contributed by atoms with E-state index < -0.39 is 10.0 Å². The molecule has 18 heavy (non-hydrogen) atoms. The number of nitrogens with one attached hydrogen (secondary N) is 1. The maximum absolute atomic E-state index is 11.9. The fourth-order valence-corrected chi connectivity index (χ4v) is 2.57. The summed E-state index contributed by atoms with van der Waals surface area (Å²) in [6, 6.07) is 6.52. The second-order valence-corrected chi connectivity index (χ2v) is 5.73. The van der Waals surface area contributed by atoms with Crippen LogP contribution < -0.4 is 10.5 Å². The van der Waals surface area contributed by atoms with Gasteiger partial charge in [-0.25, -0.2) is 13.1 Å². The van der Waals surface area contributed by atoms with Gasteiger partial charge in [0.2, 0.25) is 10.0 Å². The highest BCUT2D eigenvalue weighted by Gasteiger charge is 2.14. The van der Waals surface area contributed by atoms with Gasteiger partial charge in [0, 0.05) is 19.7 Å². The summed E-state index contributed by atoms with van der Waals surface area (Å²) in [6.45, 7) is 4.91. The Morgan fingerprint density at radius 2 is 1.94 bits per heavy atom. The molecule has 102 valence electrons. The molecule has 0 saturated heterocycles. The van der Waals surface area contributed by atoms with Crippen molar-refractivity contribution in [3.8, 4) is 0 Å². The van der Waals surface area contributed by atoms with Crippen molar-refractivity contribution in [1.82, 2.24) is 4.72 Å². The largest absolute Gasteiger partial charge is 0.377 e. The predicted octanol–water partition coefficient (Wildman–Crippen LogP) is 0.849. The van der Waals surface area contributed by atoms with Gasteiger partial charge in [-0.3, -0.25) is 0 Å². The van der Waals surface area contributed by atoms with E-state index >= 15 is 0 Å². The first kappa shape index (κ1) is 15.1. The zero-order valence-electron chi connectivity index (χ0n) is 10.7. The molecule has 0 radical (unpaired) electrons. The first-order valence-electron chi connectivity index (χ1n) is 5.90. The van der Waals surface area contributed by atoms with E-state index in [1.807, 2.05) is 13.8 Å². The third kappa shape index (κ3) is 4.38. The summed E-state index contributed by atoms with van der Waals surface area (Å²) in [6.07, 6.45) is -0.145. The lowest BCUT2D eigenvalue weighted by atomic mass is 10.2. The highest BCUT2D eigenvalue weighted by Crippen LogP contribution is 2.10. The Morgan fingerprint density at radius 1 is 1.33 bits per heavy atom. The minimum absolute atomic E-state index is 0.145. The molecular weight excluding hydrogens is 252 g/mol. The fraction of sp³-hybridized carbons (Fsp3) is 0.500.